The number of carbonyl (C=O) groups excluding carboxylic acids is 1. The molecule has 0 spiro atoms. The first-order valence-electron chi connectivity index (χ1n) is 13.9. The van der Waals surface area contributed by atoms with Gasteiger partial charge in [0.05, 0.1) is 17.7 Å². The zero-order valence-electron chi connectivity index (χ0n) is 23.4. The fraction of sp³-hybridized carbons (Fsp3) is 0.406. The molecule has 1 saturated heterocycles. The molecule has 0 bridgehead atoms. The third-order valence-electron chi connectivity index (χ3n) is 8.48. The average Bonchev–Trinajstić information content (AvgIpc) is 3.63. The van der Waals surface area contributed by atoms with Gasteiger partial charge in [0.1, 0.15) is 0 Å². The molecular weight excluding hydrogens is 595 g/mol. The minimum atomic E-state index is -3.54. The van der Waals surface area contributed by atoms with Gasteiger partial charge in [-0.05, 0) is 78.4 Å². The zero-order valence-corrected chi connectivity index (χ0v) is 26.5. The Morgan fingerprint density at radius 3 is 2.41 bits per heavy atom. The lowest BCUT2D eigenvalue weighted by atomic mass is 9.67. The molecule has 5 rings (SSSR count). The number of rotatable bonds is 11. The van der Waals surface area contributed by atoms with Crippen LogP contribution in [0.3, 0.4) is 0 Å². The standard InChI is InChI=1S/C32H36Cl2N2O3S2/c1-4-16-32(2)19-28(24-7-5-8-26(34)18-24)30(23-12-14-25(33)15-13-23)36(31(32)37)29(22-10-11-22)21-35(41(3,38)39)20-27-9-6-17-40-27/h4-9,12-15,17-18,22,28-30H,1,10-11,16,19-21H2,2-3H3/t28?,29-,30-,32+/m1/s1. The second-order valence-corrected chi connectivity index (χ2v) is 15.6. The van der Waals surface area contributed by atoms with Crippen molar-refractivity contribution in [2.45, 2.75) is 57.2 Å². The van der Waals surface area contributed by atoms with Crippen LogP contribution in [0.4, 0.5) is 0 Å². The summed E-state index contributed by atoms with van der Waals surface area (Å²) in [7, 11) is -3.54. The van der Waals surface area contributed by atoms with E-state index in [1.54, 1.807) is 4.31 Å². The van der Waals surface area contributed by atoms with Gasteiger partial charge >= 0.3 is 0 Å². The van der Waals surface area contributed by atoms with Crippen molar-refractivity contribution in [3.05, 3.63) is 105 Å². The van der Waals surface area contributed by atoms with Gasteiger partial charge in [-0.15, -0.1) is 17.9 Å². The van der Waals surface area contributed by atoms with Crippen LogP contribution in [0.25, 0.3) is 0 Å². The van der Waals surface area contributed by atoms with Crippen molar-refractivity contribution in [1.29, 1.82) is 0 Å². The quantitative estimate of drug-likeness (QED) is 0.202. The minimum Gasteiger partial charge on any atom is -0.330 e. The van der Waals surface area contributed by atoms with Crippen molar-refractivity contribution in [2.24, 2.45) is 11.3 Å². The predicted molar refractivity (Wildman–Crippen MR) is 169 cm³/mol. The molecule has 0 N–H and O–H groups in total. The van der Waals surface area contributed by atoms with Crippen molar-refractivity contribution in [3.8, 4) is 0 Å². The highest BCUT2D eigenvalue weighted by Gasteiger charge is 2.53. The summed E-state index contributed by atoms with van der Waals surface area (Å²) in [5.74, 6) is 0.187. The smallest absolute Gasteiger partial charge is 0.229 e. The number of amides is 1. The van der Waals surface area contributed by atoms with Crippen molar-refractivity contribution in [1.82, 2.24) is 9.21 Å². The maximum atomic E-state index is 14.7. The maximum absolute atomic E-state index is 14.7. The van der Waals surface area contributed by atoms with Gasteiger partial charge in [0, 0.05) is 40.0 Å². The molecule has 9 heteroatoms. The fourth-order valence-corrected chi connectivity index (χ4v) is 8.22. The fourth-order valence-electron chi connectivity index (χ4n) is 6.30. The van der Waals surface area contributed by atoms with Gasteiger partial charge < -0.3 is 4.90 Å². The highest BCUT2D eigenvalue weighted by molar-refractivity contribution is 7.88. The van der Waals surface area contributed by atoms with Crippen LogP contribution in [-0.2, 0) is 21.4 Å². The molecule has 3 aromatic rings. The molecule has 0 radical (unpaired) electrons. The van der Waals surface area contributed by atoms with Crippen LogP contribution in [0, 0.1) is 11.3 Å². The Morgan fingerprint density at radius 1 is 1.10 bits per heavy atom. The summed E-state index contributed by atoms with van der Waals surface area (Å²) < 4.78 is 27.8. The minimum absolute atomic E-state index is 0.0390. The van der Waals surface area contributed by atoms with Gasteiger partial charge in [-0.1, -0.05) is 66.5 Å². The van der Waals surface area contributed by atoms with E-state index in [9.17, 15) is 13.2 Å². The summed E-state index contributed by atoms with van der Waals surface area (Å²) >= 11 is 14.3. The second-order valence-electron chi connectivity index (χ2n) is 11.7. The van der Waals surface area contributed by atoms with E-state index in [0.29, 0.717) is 22.9 Å². The van der Waals surface area contributed by atoms with Crippen LogP contribution in [0.15, 0.2) is 78.7 Å². The van der Waals surface area contributed by atoms with Crippen molar-refractivity contribution in [2.75, 3.05) is 12.8 Å². The average molecular weight is 632 g/mol. The summed E-state index contributed by atoms with van der Waals surface area (Å²) in [6, 6.07) is 18.9. The number of nitrogens with zero attached hydrogens (tertiary/aromatic N) is 2. The van der Waals surface area contributed by atoms with Crippen molar-refractivity contribution >= 4 is 50.5 Å². The first-order chi connectivity index (χ1) is 19.5. The molecule has 1 aliphatic heterocycles. The molecule has 1 aromatic heterocycles. The third-order valence-corrected chi connectivity index (χ3v) is 11.0. The normalized spacial score (nSPS) is 24.0. The second kappa shape index (κ2) is 12.2. The molecule has 1 unspecified atom stereocenters. The SMILES string of the molecule is C=CC[C@@]1(C)CC(c2cccc(Cl)c2)[C@@H](c2ccc(Cl)cc2)N([C@H](CN(Cc2cccs2)S(C)(=O)=O)C2CC2)C1=O. The first-order valence-corrected chi connectivity index (χ1v) is 17.4. The summed E-state index contributed by atoms with van der Waals surface area (Å²) in [5.41, 5.74) is 1.33. The molecule has 5 nitrogen and oxygen atoms in total. The van der Waals surface area contributed by atoms with E-state index in [0.717, 1.165) is 28.8 Å². The molecule has 2 aromatic carbocycles. The number of hydrogen-bond acceptors (Lipinski definition) is 4. The van der Waals surface area contributed by atoms with Gasteiger partial charge in [0.15, 0.2) is 0 Å². The summed E-state index contributed by atoms with van der Waals surface area (Å²) in [6.07, 6.45) is 6.13. The Morgan fingerprint density at radius 2 is 1.83 bits per heavy atom. The molecule has 1 saturated carbocycles. The van der Waals surface area contributed by atoms with E-state index in [-0.39, 0.29) is 42.9 Å². The number of benzene rings is 2. The molecule has 2 aliphatic rings. The Bertz CT molecular complexity index is 1490. The lowest BCUT2D eigenvalue weighted by molar-refractivity contribution is -0.155. The zero-order chi connectivity index (χ0) is 29.4. The van der Waals surface area contributed by atoms with E-state index >= 15 is 0 Å². The number of piperidine rings is 1. The Labute approximate surface area is 257 Å². The van der Waals surface area contributed by atoms with Crippen LogP contribution in [0.1, 0.15) is 60.6 Å². The van der Waals surface area contributed by atoms with Crippen LogP contribution in [0.5, 0.6) is 0 Å². The number of likely N-dealkylation sites (tertiary alicyclic amines) is 1. The van der Waals surface area contributed by atoms with Gasteiger partial charge in [0.25, 0.3) is 0 Å². The summed E-state index contributed by atoms with van der Waals surface area (Å²) in [4.78, 5) is 17.7. The summed E-state index contributed by atoms with van der Waals surface area (Å²) in [6.45, 7) is 6.52. The highest BCUT2D eigenvalue weighted by atomic mass is 35.5. The van der Waals surface area contributed by atoms with Crippen LogP contribution >= 0.6 is 34.5 Å². The lowest BCUT2D eigenvalue weighted by Gasteiger charge is -2.52. The Balaban J connectivity index is 1.65. The highest BCUT2D eigenvalue weighted by Crippen LogP contribution is 2.54. The first kappa shape index (κ1) is 30.3. The Hall–Kier alpha value is -2.16. The van der Waals surface area contributed by atoms with E-state index < -0.39 is 15.4 Å². The summed E-state index contributed by atoms with van der Waals surface area (Å²) in [5, 5.41) is 3.22. The monoisotopic (exact) mass is 630 g/mol. The van der Waals surface area contributed by atoms with Crippen molar-refractivity contribution in [3.63, 3.8) is 0 Å². The largest absolute Gasteiger partial charge is 0.330 e. The number of hydrogen-bond donors (Lipinski definition) is 0. The van der Waals surface area contributed by atoms with E-state index in [2.05, 4.69) is 12.6 Å². The molecule has 218 valence electrons. The van der Waals surface area contributed by atoms with Crippen LogP contribution in [0.2, 0.25) is 10.0 Å². The van der Waals surface area contributed by atoms with Crippen LogP contribution < -0.4 is 0 Å². The number of thiophene rings is 1. The predicted octanol–water partition coefficient (Wildman–Crippen LogP) is 7.93. The number of allylic oxidation sites excluding steroid dienone is 1. The van der Waals surface area contributed by atoms with Gasteiger partial charge in [-0.25, -0.2) is 8.42 Å². The Kier molecular flexibility index (Phi) is 9.03. The lowest BCUT2D eigenvalue weighted by Crippen LogP contribution is -2.58. The molecule has 1 aliphatic carbocycles. The van der Waals surface area contributed by atoms with Gasteiger partial charge in [-0.3, -0.25) is 4.79 Å². The molecule has 2 heterocycles. The molecule has 4 atom stereocenters. The topological polar surface area (TPSA) is 57.7 Å². The van der Waals surface area contributed by atoms with Crippen LogP contribution in [-0.4, -0.2) is 42.4 Å². The van der Waals surface area contributed by atoms with Crippen molar-refractivity contribution < 1.29 is 13.2 Å². The molecular formula is C32H36Cl2N2O3S2. The maximum Gasteiger partial charge on any atom is 0.229 e. The third kappa shape index (κ3) is 6.75. The number of sulfonamides is 1. The molecule has 1 amide bonds. The molecule has 41 heavy (non-hydrogen) atoms. The number of carbonyl (C=O) groups is 1. The van der Waals surface area contributed by atoms with Gasteiger partial charge in [0.2, 0.25) is 15.9 Å². The van der Waals surface area contributed by atoms with Gasteiger partial charge in [-0.2, -0.15) is 4.31 Å². The number of halogens is 2. The van der Waals surface area contributed by atoms with E-state index in [4.69, 9.17) is 23.2 Å². The van der Waals surface area contributed by atoms with E-state index in [1.165, 1.54) is 17.6 Å². The molecule has 2 fully saturated rings. The van der Waals surface area contributed by atoms with E-state index in [1.807, 2.05) is 77.9 Å².